The maximum Gasteiger partial charge on any atom is 0.244 e. The van der Waals surface area contributed by atoms with Gasteiger partial charge in [0.15, 0.2) is 0 Å². The summed E-state index contributed by atoms with van der Waals surface area (Å²) in [6.07, 6.45) is 2.04. The molecule has 0 saturated heterocycles. The van der Waals surface area contributed by atoms with Crippen LogP contribution < -0.4 is 9.62 Å². The van der Waals surface area contributed by atoms with E-state index in [1.54, 1.807) is 24.3 Å². The van der Waals surface area contributed by atoms with Gasteiger partial charge in [0.25, 0.3) is 0 Å². The van der Waals surface area contributed by atoms with Gasteiger partial charge in [-0.1, -0.05) is 67.0 Å². The number of hydrogen-bond acceptors (Lipinski definition) is 4. The Kier molecular flexibility index (Phi) is 10.6. The van der Waals surface area contributed by atoms with E-state index in [2.05, 4.69) is 21.2 Å². The Labute approximate surface area is 211 Å². The lowest BCUT2D eigenvalue weighted by atomic mass is 10.1. The molecule has 0 aliphatic carbocycles. The summed E-state index contributed by atoms with van der Waals surface area (Å²) in [5.74, 6) is -0.379. The highest BCUT2D eigenvalue weighted by Gasteiger charge is 2.31. The average molecular weight is 553 g/mol. The molecule has 1 unspecified atom stereocenters. The quantitative estimate of drug-likeness (QED) is 0.434. The summed E-state index contributed by atoms with van der Waals surface area (Å²) in [6.45, 7) is 6.27. The highest BCUT2D eigenvalue weighted by Crippen LogP contribution is 2.21. The standard InChI is InChI=1S/C25H34BrN3O4S/c1-5-23(25(31)27-17-19(2)3)28(16-15-20-9-7-6-8-10-20)24(30)18-29(34(4,32)33)22-13-11-21(26)12-14-22/h6-14,19,23H,5,15-18H2,1-4H3,(H,27,31). The zero-order valence-electron chi connectivity index (χ0n) is 20.2. The summed E-state index contributed by atoms with van der Waals surface area (Å²) < 4.78 is 27.0. The van der Waals surface area contributed by atoms with Crippen LogP contribution in [0.2, 0.25) is 0 Å². The predicted molar refractivity (Wildman–Crippen MR) is 140 cm³/mol. The van der Waals surface area contributed by atoms with Gasteiger partial charge < -0.3 is 10.2 Å². The van der Waals surface area contributed by atoms with E-state index in [0.29, 0.717) is 31.6 Å². The monoisotopic (exact) mass is 551 g/mol. The molecule has 0 fully saturated rings. The molecule has 1 atom stereocenters. The van der Waals surface area contributed by atoms with E-state index in [4.69, 9.17) is 0 Å². The molecule has 0 spiro atoms. The number of rotatable bonds is 12. The van der Waals surface area contributed by atoms with E-state index >= 15 is 0 Å². The lowest BCUT2D eigenvalue weighted by molar-refractivity contribution is -0.139. The van der Waals surface area contributed by atoms with E-state index < -0.39 is 22.0 Å². The predicted octanol–water partition coefficient (Wildman–Crippen LogP) is 3.84. The third kappa shape index (κ3) is 8.43. The zero-order chi connectivity index (χ0) is 25.3. The summed E-state index contributed by atoms with van der Waals surface area (Å²) in [7, 11) is -3.73. The van der Waals surface area contributed by atoms with Crippen LogP contribution in [0.25, 0.3) is 0 Å². The van der Waals surface area contributed by atoms with Gasteiger partial charge in [-0.15, -0.1) is 0 Å². The SMILES string of the molecule is CCC(C(=O)NCC(C)C)N(CCc1ccccc1)C(=O)CN(c1ccc(Br)cc1)S(C)(=O)=O. The van der Waals surface area contributed by atoms with Crippen molar-refractivity contribution in [2.24, 2.45) is 5.92 Å². The molecule has 0 radical (unpaired) electrons. The lowest BCUT2D eigenvalue weighted by Gasteiger charge is -2.33. The van der Waals surface area contributed by atoms with Crippen molar-refractivity contribution in [1.29, 1.82) is 0 Å². The molecule has 2 aromatic rings. The lowest BCUT2D eigenvalue weighted by Crippen LogP contribution is -2.53. The Hall–Kier alpha value is -2.39. The Morgan fingerprint density at radius 1 is 1.03 bits per heavy atom. The second kappa shape index (κ2) is 12.9. The number of carbonyl (C=O) groups excluding carboxylic acids is 2. The molecule has 34 heavy (non-hydrogen) atoms. The zero-order valence-corrected chi connectivity index (χ0v) is 22.6. The largest absolute Gasteiger partial charge is 0.354 e. The van der Waals surface area contributed by atoms with Crippen LogP contribution >= 0.6 is 15.9 Å². The second-order valence-corrected chi connectivity index (χ2v) is 11.5. The van der Waals surface area contributed by atoms with E-state index in [1.165, 1.54) is 4.90 Å². The van der Waals surface area contributed by atoms with E-state index in [9.17, 15) is 18.0 Å². The molecule has 2 rings (SSSR count). The third-order valence-electron chi connectivity index (χ3n) is 5.35. The van der Waals surface area contributed by atoms with Gasteiger partial charge in [0.2, 0.25) is 21.8 Å². The number of hydrogen-bond donors (Lipinski definition) is 1. The average Bonchev–Trinajstić information content (AvgIpc) is 2.79. The van der Waals surface area contributed by atoms with Crippen LogP contribution in [0, 0.1) is 5.92 Å². The number of halogens is 1. The molecule has 0 bridgehead atoms. The third-order valence-corrected chi connectivity index (χ3v) is 7.02. The Balaban J connectivity index is 2.32. The molecule has 2 amide bonds. The first-order chi connectivity index (χ1) is 16.0. The molecule has 7 nitrogen and oxygen atoms in total. The first-order valence-electron chi connectivity index (χ1n) is 11.4. The minimum atomic E-state index is -3.73. The van der Waals surface area contributed by atoms with Crippen molar-refractivity contribution in [3.63, 3.8) is 0 Å². The molecular formula is C25H34BrN3O4S. The fourth-order valence-electron chi connectivity index (χ4n) is 3.54. The smallest absolute Gasteiger partial charge is 0.244 e. The van der Waals surface area contributed by atoms with Crippen molar-refractivity contribution in [3.8, 4) is 0 Å². The van der Waals surface area contributed by atoms with Crippen molar-refractivity contribution in [1.82, 2.24) is 10.2 Å². The van der Waals surface area contributed by atoms with Gasteiger partial charge in [-0.05, 0) is 48.6 Å². The number of benzene rings is 2. The highest BCUT2D eigenvalue weighted by molar-refractivity contribution is 9.10. The molecule has 0 heterocycles. The van der Waals surface area contributed by atoms with E-state index in [0.717, 1.165) is 20.6 Å². The van der Waals surface area contributed by atoms with Crippen LogP contribution in [0.1, 0.15) is 32.8 Å². The van der Waals surface area contributed by atoms with Crippen LogP contribution in [0.5, 0.6) is 0 Å². The molecule has 9 heteroatoms. The number of amides is 2. The number of anilines is 1. The van der Waals surface area contributed by atoms with Crippen molar-refractivity contribution in [2.45, 2.75) is 39.7 Å². The minimum Gasteiger partial charge on any atom is -0.354 e. The normalized spacial score (nSPS) is 12.3. The molecule has 0 aliphatic rings. The fourth-order valence-corrected chi connectivity index (χ4v) is 4.65. The molecule has 0 aromatic heterocycles. The minimum absolute atomic E-state index is 0.229. The molecule has 186 valence electrons. The van der Waals surface area contributed by atoms with Gasteiger partial charge in [0.1, 0.15) is 12.6 Å². The first kappa shape index (κ1) is 27.9. The Morgan fingerprint density at radius 2 is 1.65 bits per heavy atom. The van der Waals surface area contributed by atoms with E-state index in [-0.39, 0.29) is 18.4 Å². The van der Waals surface area contributed by atoms with Crippen LogP contribution in [-0.2, 0) is 26.0 Å². The van der Waals surface area contributed by atoms with Crippen molar-refractivity contribution < 1.29 is 18.0 Å². The van der Waals surface area contributed by atoms with Crippen molar-refractivity contribution >= 4 is 43.5 Å². The fraction of sp³-hybridized carbons (Fsp3) is 0.440. The number of carbonyl (C=O) groups is 2. The number of sulfonamides is 1. The van der Waals surface area contributed by atoms with Crippen molar-refractivity contribution in [3.05, 3.63) is 64.6 Å². The van der Waals surface area contributed by atoms with Gasteiger partial charge in [-0.2, -0.15) is 0 Å². The highest BCUT2D eigenvalue weighted by atomic mass is 79.9. The van der Waals surface area contributed by atoms with Crippen LogP contribution in [0.4, 0.5) is 5.69 Å². The maximum absolute atomic E-state index is 13.5. The number of nitrogens with zero attached hydrogens (tertiary/aromatic N) is 2. The van der Waals surface area contributed by atoms with Gasteiger partial charge >= 0.3 is 0 Å². The maximum atomic E-state index is 13.5. The first-order valence-corrected chi connectivity index (χ1v) is 14.0. The van der Waals surface area contributed by atoms with Gasteiger partial charge in [-0.25, -0.2) is 8.42 Å². The Bertz CT molecular complexity index is 1040. The summed E-state index contributed by atoms with van der Waals surface area (Å²) in [4.78, 5) is 28.0. The summed E-state index contributed by atoms with van der Waals surface area (Å²) in [5.41, 5.74) is 1.42. The summed E-state index contributed by atoms with van der Waals surface area (Å²) in [5, 5.41) is 2.92. The topological polar surface area (TPSA) is 86.8 Å². The summed E-state index contributed by atoms with van der Waals surface area (Å²) in [6, 6.07) is 15.7. The van der Waals surface area contributed by atoms with Crippen molar-refractivity contribution in [2.75, 3.05) is 30.2 Å². The number of nitrogens with one attached hydrogen (secondary N) is 1. The molecule has 0 aliphatic heterocycles. The van der Waals surface area contributed by atoms with Crippen LogP contribution in [0.15, 0.2) is 59.1 Å². The molecular weight excluding hydrogens is 518 g/mol. The molecule has 1 N–H and O–H groups in total. The van der Waals surface area contributed by atoms with Gasteiger partial charge in [0, 0.05) is 17.6 Å². The van der Waals surface area contributed by atoms with Crippen LogP contribution in [0.3, 0.4) is 0 Å². The second-order valence-electron chi connectivity index (χ2n) is 8.63. The molecule has 2 aromatic carbocycles. The summed E-state index contributed by atoms with van der Waals surface area (Å²) >= 11 is 3.34. The van der Waals surface area contributed by atoms with Crippen LogP contribution in [-0.4, -0.2) is 57.1 Å². The van der Waals surface area contributed by atoms with E-state index in [1.807, 2.05) is 51.1 Å². The molecule has 0 saturated carbocycles. The Morgan fingerprint density at radius 3 is 2.18 bits per heavy atom. The van der Waals surface area contributed by atoms with Gasteiger partial charge in [0.05, 0.1) is 11.9 Å². The van der Waals surface area contributed by atoms with Gasteiger partial charge in [-0.3, -0.25) is 13.9 Å².